The molecule has 0 amide bonds. The van der Waals surface area contributed by atoms with E-state index < -0.39 is 22.0 Å². The average Bonchev–Trinajstić information content (AvgIpc) is 2.18. The van der Waals surface area contributed by atoms with Gasteiger partial charge in [0, 0.05) is 9.92 Å². The fraction of sp³-hybridized carbons (Fsp3) is 0.300. The monoisotopic (exact) mass is 246 g/mol. The first-order valence-electron chi connectivity index (χ1n) is 4.45. The van der Waals surface area contributed by atoms with Gasteiger partial charge in [-0.2, -0.15) is 0 Å². The van der Waals surface area contributed by atoms with Crippen LogP contribution in [0.25, 0.3) is 0 Å². The molecule has 0 spiro atoms. The summed E-state index contributed by atoms with van der Waals surface area (Å²) in [5.41, 5.74) is 0. The van der Waals surface area contributed by atoms with Crippen molar-refractivity contribution >= 4 is 28.4 Å². The second-order valence-corrected chi connectivity index (χ2v) is 5.06. The molecule has 0 saturated heterocycles. The molecular formula is C10H11ClO3S. The molecule has 0 aliphatic rings. The summed E-state index contributed by atoms with van der Waals surface area (Å²) in [6, 6.07) is 6.46. The van der Waals surface area contributed by atoms with Crippen molar-refractivity contribution in [2.24, 2.45) is 0 Å². The van der Waals surface area contributed by atoms with E-state index in [4.69, 9.17) is 16.7 Å². The van der Waals surface area contributed by atoms with E-state index in [9.17, 15) is 9.00 Å². The minimum Gasteiger partial charge on any atom is -0.480 e. The summed E-state index contributed by atoms with van der Waals surface area (Å²) < 4.78 is 11.8. The summed E-state index contributed by atoms with van der Waals surface area (Å²) in [7, 11) is -1.55. The lowest BCUT2D eigenvalue weighted by molar-refractivity contribution is -0.136. The van der Waals surface area contributed by atoms with Crippen LogP contribution >= 0.6 is 11.6 Å². The molecule has 0 heterocycles. The zero-order chi connectivity index (χ0) is 11.4. The SMILES string of the molecule is CCC(C(=O)O)S(=O)c1cccc(Cl)c1. The van der Waals surface area contributed by atoms with Crippen LogP contribution < -0.4 is 0 Å². The van der Waals surface area contributed by atoms with Crippen LogP contribution in [-0.2, 0) is 15.6 Å². The maximum Gasteiger partial charge on any atom is 0.319 e. The smallest absolute Gasteiger partial charge is 0.319 e. The Hall–Kier alpha value is -0.870. The molecule has 0 saturated carbocycles. The van der Waals surface area contributed by atoms with Crippen LogP contribution in [0.4, 0.5) is 0 Å². The molecule has 1 rings (SSSR count). The van der Waals surface area contributed by atoms with Crippen LogP contribution in [0.1, 0.15) is 13.3 Å². The van der Waals surface area contributed by atoms with E-state index in [1.165, 1.54) is 6.07 Å². The van der Waals surface area contributed by atoms with Crippen LogP contribution in [0.15, 0.2) is 29.2 Å². The Bertz CT molecular complexity index is 392. The summed E-state index contributed by atoms with van der Waals surface area (Å²) in [5, 5.41) is 8.44. The number of halogens is 1. The lowest BCUT2D eigenvalue weighted by atomic mass is 10.3. The average molecular weight is 247 g/mol. The summed E-state index contributed by atoms with van der Waals surface area (Å²) in [6.07, 6.45) is 0.328. The number of carbonyl (C=O) groups is 1. The highest BCUT2D eigenvalue weighted by molar-refractivity contribution is 7.86. The Morgan fingerprint density at radius 3 is 2.73 bits per heavy atom. The second-order valence-electron chi connectivity index (χ2n) is 2.99. The number of carboxylic acid groups (broad SMARTS) is 1. The van der Waals surface area contributed by atoms with Crippen LogP contribution in [0, 0.1) is 0 Å². The van der Waals surface area contributed by atoms with Crippen LogP contribution in [0.3, 0.4) is 0 Å². The predicted octanol–water partition coefficient (Wildman–Crippen LogP) is 2.31. The topological polar surface area (TPSA) is 54.4 Å². The van der Waals surface area contributed by atoms with Gasteiger partial charge in [0.2, 0.25) is 0 Å². The summed E-state index contributed by atoms with van der Waals surface area (Å²) in [5.74, 6) is -1.05. The molecule has 0 aromatic heterocycles. The molecule has 3 nitrogen and oxygen atoms in total. The van der Waals surface area contributed by atoms with Crippen molar-refractivity contribution in [3.05, 3.63) is 29.3 Å². The van der Waals surface area contributed by atoms with Gasteiger partial charge in [-0.3, -0.25) is 9.00 Å². The minimum atomic E-state index is -1.55. The lowest BCUT2D eigenvalue weighted by Gasteiger charge is -2.09. The highest BCUT2D eigenvalue weighted by Gasteiger charge is 2.23. The van der Waals surface area contributed by atoms with E-state index in [1.54, 1.807) is 25.1 Å². The zero-order valence-corrected chi connectivity index (χ0v) is 9.72. The molecule has 2 atom stereocenters. The Labute approximate surface area is 95.5 Å². The van der Waals surface area contributed by atoms with Crippen molar-refractivity contribution in [2.45, 2.75) is 23.5 Å². The lowest BCUT2D eigenvalue weighted by Crippen LogP contribution is -2.24. The summed E-state index contributed by atoms with van der Waals surface area (Å²) in [6.45, 7) is 1.70. The minimum absolute atomic E-state index is 0.328. The van der Waals surface area contributed by atoms with E-state index in [0.29, 0.717) is 16.3 Å². The van der Waals surface area contributed by atoms with Crippen molar-refractivity contribution in [1.82, 2.24) is 0 Å². The fourth-order valence-electron chi connectivity index (χ4n) is 1.17. The van der Waals surface area contributed by atoms with E-state index >= 15 is 0 Å². The molecule has 82 valence electrons. The number of benzene rings is 1. The summed E-state index contributed by atoms with van der Waals surface area (Å²) in [4.78, 5) is 11.3. The standard InChI is InChI=1S/C10H11ClO3S/c1-2-9(10(12)13)15(14)8-5-3-4-7(11)6-8/h3-6,9H,2H2,1H3,(H,12,13). The Balaban J connectivity index is 2.98. The van der Waals surface area contributed by atoms with Crippen molar-refractivity contribution in [1.29, 1.82) is 0 Å². The first-order chi connectivity index (χ1) is 7.06. The predicted molar refractivity (Wildman–Crippen MR) is 59.6 cm³/mol. The van der Waals surface area contributed by atoms with Gasteiger partial charge in [-0.05, 0) is 24.6 Å². The molecule has 1 aromatic carbocycles. The van der Waals surface area contributed by atoms with Crippen LogP contribution in [-0.4, -0.2) is 20.5 Å². The van der Waals surface area contributed by atoms with Gasteiger partial charge >= 0.3 is 5.97 Å². The molecular weight excluding hydrogens is 236 g/mol. The third kappa shape index (κ3) is 3.04. The molecule has 0 bridgehead atoms. The fourth-order valence-corrected chi connectivity index (χ4v) is 2.70. The quantitative estimate of drug-likeness (QED) is 0.887. The van der Waals surface area contributed by atoms with Crippen molar-refractivity contribution in [3.8, 4) is 0 Å². The van der Waals surface area contributed by atoms with E-state index in [0.717, 1.165) is 0 Å². The number of hydrogen-bond donors (Lipinski definition) is 1. The number of carboxylic acids is 1. The maximum absolute atomic E-state index is 11.8. The van der Waals surface area contributed by atoms with Gasteiger partial charge in [0.25, 0.3) is 0 Å². The third-order valence-corrected chi connectivity index (χ3v) is 3.94. The third-order valence-electron chi connectivity index (χ3n) is 1.93. The maximum atomic E-state index is 11.8. The zero-order valence-electron chi connectivity index (χ0n) is 8.14. The van der Waals surface area contributed by atoms with Crippen molar-refractivity contribution in [3.63, 3.8) is 0 Å². The highest BCUT2D eigenvalue weighted by atomic mass is 35.5. The van der Waals surface area contributed by atoms with Crippen molar-refractivity contribution < 1.29 is 14.1 Å². The first kappa shape index (κ1) is 12.2. The van der Waals surface area contributed by atoms with Gasteiger partial charge in [-0.15, -0.1) is 0 Å². The molecule has 0 aliphatic heterocycles. The van der Waals surface area contributed by atoms with E-state index in [2.05, 4.69) is 0 Å². The molecule has 0 fully saturated rings. The normalized spacial score (nSPS) is 14.5. The molecule has 1 N–H and O–H groups in total. The molecule has 5 heteroatoms. The molecule has 15 heavy (non-hydrogen) atoms. The van der Waals surface area contributed by atoms with E-state index in [1.807, 2.05) is 0 Å². The number of hydrogen-bond acceptors (Lipinski definition) is 2. The number of aliphatic carboxylic acids is 1. The van der Waals surface area contributed by atoms with Crippen molar-refractivity contribution in [2.75, 3.05) is 0 Å². The molecule has 1 aromatic rings. The Kier molecular flexibility index (Phi) is 4.29. The Morgan fingerprint density at radius 1 is 1.60 bits per heavy atom. The van der Waals surface area contributed by atoms with Gasteiger partial charge in [-0.1, -0.05) is 24.6 Å². The van der Waals surface area contributed by atoms with Gasteiger partial charge in [0.1, 0.15) is 5.25 Å². The van der Waals surface area contributed by atoms with Crippen LogP contribution in [0.2, 0.25) is 5.02 Å². The van der Waals surface area contributed by atoms with Gasteiger partial charge in [-0.25, -0.2) is 0 Å². The molecule has 2 unspecified atom stereocenters. The Morgan fingerprint density at radius 2 is 2.27 bits per heavy atom. The van der Waals surface area contributed by atoms with Gasteiger partial charge < -0.3 is 5.11 Å². The largest absolute Gasteiger partial charge is 0.480 e. The van der Waals surface area contributed by atoms with E-state index in [-0.39, 0.29) is 0 Å². The second kappa shape index (κ2) is 5.28. The summed E-state index contributed by atoms with van der Waals surface area (Å²) >= 11 is 5.73. The highest BCUT2D eigenvalue weighted by Crippen LogP contribution is 2.18. The van der Waals surface area contributed by atoms with Crippen LogP contribution in [0.5, 0.6) is 0 Å². The first-order valence-corrected chi connectivity index (χ1v) is 6.04. The molecule has 0 radical (unpaired) electrons. The van der Waals surface area contributed by atoms with Gasteiger partial charge in [0.05, 0.1) is 10.8 Å². The van der Waals surface area contributed by atoms with Gasteiger partial charge in [0.15, 0.2) is 0 Å². The molecule has 0 aliphatic carbocycles. The number of rotatable bonds is 4.